The van der Waals surface area contributed by atoms with Crippen molar-refractivity contribution in [2.45, 2.75) is 31.2 Å². The van der Waals surface area contributed by atoms with Gasteiger partial charge in [0.2, 0.25) is 5.12 Å². The summed E-state index contributed by atoms with van der Waals surface area (Å²) in [4.78, 5) is 35.3. The Bertz CT molecular complexity index is 751. The topological polar surface area (TPSA) is 92.7 Å². The van der Waals surface area contributed by atoms with Crippen molar-refractivity contribution in [2.75, 3.05) is 0 Å². The van der Waals surface area contributed by atoms with Gasteiger partial charge in [0.25, 0.3) is 0 Å². The second-order valence-corrected chi connectivity index (χ2v) is 6.76. The number of carboxylic acid groups (broad SMARTS) is 1. The number of alkyl carbamates (subject to hydrolysis) is 1. The number of carbonyl (C=O) groups excluding carboxylic acids is 2. The molecule has 0 unspecified atom stereocenters. The molecule has 6 nitrogen and oxygen atoms in total. The maximum absolute atomic E-state index is 12.4. The third-order valence-corrected chi connectivity index (χ3v) is 4.71. The Kier molecular flexibility index (Phi) is 8.38. The van der Waals surface area contributed by atoms with E-state index in [4.69, 9.17) is 9.84 Å². The smallest absolute Gasteiger partial charge is 0.408 e. The number of carboxylic acids is 1. The van der Waals surface area contributed by atoms with Gasteiger partial charge in [0.15, 0.2) is 0 Å². The van der Waals surface area contributed by atoms with E-state index in [1.54, 1.807) is 0 Å². The van der Waals surface area contributed by atoms with Crippen molar-refractivity contribution in [1.29, 1.82) is 0 Å². The van der Waals surface area contributed by atoms with Crippen LogP contribution in [0.1, 0.15) is 24.0 Å². The third-order valence-electron chi connectivity index (χ3n) is 3.66. The molecule has 0 fully saturated rings. The van der Waals surface area contributed by atoms with E-state index in [1.807, 2.05) is 60.7 Å². The Balaban J connectivity index is 1.88. The van der Waals surface area contributed by atoms with Gasteiger partial charge in [0, 0.05) is 12.2 Å². The number of benzene rings is 2. The minimum Gasteiger partial charge on any atom is -0.481 e. The normalized spacial score (nSPS) is 11.4. The van der Waals surface area contributed by atoms with Crippen LogP contribution < -0.4 is 5.32 Å². The van der Waals surface area contributed by atoms with Crippen molar-refractivity contribution in [3.63, 3.8) is 0 Å². The number of hydrogen-bond acceptors (Lipinski definition) is 5. The zero-order valence-electron chi connectivity index (χ0n) is 14.7. The van der Waals surface area contributed by atoms with E-state index >= 15 is 0 Å². The minimum atomic E-state index is -1.03. The SMILES string of the molecule is O=C(O)CC[C@H](NC(=O)OCc1ccccc1)C(=O)SCc1ccccc1. The van der Waals surface area contributed by atoms with Crippen molar-refractivity contribution in [1.82, 2.24) is 5.32 Å². The van der Waals surface area contributed by atoms with Gasteiger partial charge in [-0.3, -0.25) is 9.59 Å². The molecule has 0 radical (unpaired) electrons. The highest BCUT2D eigenvalue weighted by atomic mass is 32.2. The summed E-state index contributed by atoms with van der Waals surface area (Å²) < 4.78 is 5.12. The highest BCUT2D eigenvalue weighted by Crippen LogP contribution is 2.17. The first-order chi connectivity index (χ1) is 13.0. The number of aliphatic carboxylic acids is 1. The Morgan fingerprint density at radius 2 is 1.56 bits per heavy atom. The van der Waals surface area contributed by atoms with Gasteiger partial charge in [-0.05, 0) is 17.5 Å². The maximum Gasteiger partial charge on any atom is 0.408 e. The molecule has 0 aliphatic rings. The summed E-state index contributed by atoms with van der Waals surface area (Å²) in [5.41, 5.74) is 1.79. The van der Waals surface area contributed by atoms with E-state index in [-0.39, 0.29) is 24.6 Å². The number of carbonyl (C=O) groups is 3. The first kappa shape index (κ1) is 20.5. The van der Waals surface area contributed by atoms with Crippen molar-refractivity contribution < 1.29 is 24.2 Å². The lowest BCUT2D eigenvalue weighted by Crippen LogP contribution is -2.40. The molecule has 7 heteroatoms. The molecule has 2 aromatic rings. The van der Waals surface area contributed by atoms with E-state index < -0.39 is 18.1 Å². The van der Waals surface area contributed by atoms with Crippen molar-refractivity contribution in [2.24, 2.45) is 0 Å². The number of hydrogen-bond donors (Lipinski definition) is 2. The molecular formula is C20H21NO5S. The van der Waals surface area contributed by atoms with Gasteiger partial charge in [-0.15, -0.1) is 0 Å². The highest BCUT2D eigenvalue weighted by Gasteiger charge is 2.23. The molecule has 142 valence electrons. The van der Waals surface area contributed by atoms with Crippen LogP contribution in [0.4, 0.5) is 4.79 Å². The monoisotopic (exact) mass is 387 g/mol. The van der Waals surface area contributed by atoms with Gasteiger partial charge < -0.3 is 15.2 Å². The number of amides is 1. The molecule has 27 heavy (non-hydrogen) atoms. The molecule has 0 aromatic heterocycles. The average Bonchev–Trinajstić information content (AvgIpc) is 2.69. The van der Waals surface area contributed by atoms with Crippen LogP contribution in [0.5, 0.6) is 0 Å². The fourth-order valence-electron chi connectivity index (χ4n) is 2.25. The Morgan fingerprint density at radius 3 is 2.15 bits per heavy atom. The lowest BCUT2D eigenvalue weighted by atomic mass is 10.2. The van der Waals surface area contributed by atoms with Gasteiger partial charge in [-0.1, -0.05) is 72.4 Å². The molecule has 1 atom stereocenters. The van der Waals surface area contributed by atoms with E-state index in [2.05, 4.69) is 5.32 Å². The van der Waals surface area contributed by atoms with Gasteiger partial charge >= 0.3 is 12.1 Å². The standard InChI is InChI=1S/C20H21NO5S/c22-18(23)12-11-17(19(24)27-14-16-9-5-2-6-10-16)21-20(25)26-13-15-7-3-1-4-8-15/h1-10,17H,11-14H2,(H,21,25)(H,22,23)/t17-/m0/s1. The third kappa shape index (κ3) is 7.96. The Hall–Kier alpha value is -2.80. The van der Waals surface area contributed by atoms with Crippen LogP contribution in [-0.4, -0.2) is 28.3 Å². The Labute approximate surface area is 161 Å². The van der Waals surface area contributed by atoms with Gasteiger partial charge in [0.05, 0.1) is 0 Å². The van der Waals surface area contributed by atoms with Gasteiger partial charge in [0.1, 0.15) is 12.6 Å². The summed E-state index contributed by atoms with van der Waals surface area (Å²) in [6.45, 7) is 0.0731. The number of nitrogens with one attached hydrogen (secondary N) is 1. The average molecular weight is 387 g/mol. The van der Waals surface area contributed by atoms with Crippen molar-refractivity contribution in [3.8, 4) is 0 Å². The van der Waals surface area contributed by atoms with Crippen LogP contribution in [0.15, 0.2) is 60.7 Å². The molecule has 0 aliphatic carbocycles. The zero-order chi connectivity index (χ0) is 19.5. The second-order valence-electron chi connectivity index (χ2n) is 5.78. The van der Waals surface area contributed by atoms with Crippen molar-refractivity contribution >= 4 is 28.9 Å². The molecule has 0 aliphatic heterocycles. The van der Waals surface area contributed by atoms with Crippen LogP contribution in [0.2, 0.25) is 0 Å². The second kappa shape index (κ2) is 11.0. The van der Waals surface area contributed by atoms with Crippen LogP contribution >= 0.6 is 11.8 Å². The quantitative estimate of drug-likeness (QED) is 0.683. The summed E-state index contributed by atoms with van der Waals surface area (Å²) in [5, 5.41) is 11.1. The number of rotatable bonds is 9. The van der Waals surface area contributed by atoms with Crippen LogP contribution in [-0.2, 0) is 26.7 Å². The first-order valence-electron chi connectivity index (χ1n) is 8.44. The first-order valence-corrected chi connectivity index (χ1v) is 9.42. The highest BCUT2D eigenvalue weighted by molar-refractivity contribution is 8.13. The summed E-state index contributed by atoms with van der Waals surface area (Å²) in [6.07, 6.45) is -0.958. The van der Waals surface area contributed by atoms with Gasteiger partial charge in [-0.25, -0.2) is 4.79 Å². The maximum atomic E-state index is 12.4. The fourth-order valence-corrected chi connectivity index (χ4v) is 3.13. The summed E-state index contributed by atoms with van der Waals surface area (Å²) in [5.74, 6) is -0.579. The molecular weight excluding hydrogens is 366 g/mol. The molecule has 0 bridgehead atoms. The molecule has 1 amide bonds. The molecule has 0 heterocycles. The van der Waals surface area contributed by atoms with E-state index in [0.717, 1.165) is 22.9 Å². The lowest BCUT2D eigenvalue weighted by molar-refractivity contribution is -0.137. The lowest BCUT2D eigenvalue weighted by Gasteiger charge is -2.16. The van der Waals surface area contributed by atoms with E-state index in [1.165, 1.54) is 0 Å². The van der Waals surface area contributed by atoms with Crippen LogP contribution in [0.3, 0.4) is 0 Å². The minimum absolute atomic E-state index is 0.0103. The summed E-state index contributed by atoms with van der Waals surface area (Å²) in [7, 11) is 0. The largest absolute Gasteiger partial charge is 0.481 e. The molecule has 0 saturated heterocycles. The summed E-state index contributed by atoms with van der Waals surface area (Å²) in [6, 6.07) is 17.7. The van der Waals surface area contributed by atoms with Crippen LogP contribution in [0.25, 0.3) is 0 Å². The van der Waals surface area contributed by atoms with E-state index in [9.17, 15) is 14.4 Å². The molecule has 2 N–H and O–H groups in total. The predicted octanol–water partition coefficient (Wildman–Crippen LogP) is 3.61. The molecule has 2 rings (SSSR count). The number of ether oxygens (including phenoxy) is 1. The van der Waals surface area contributed by atoms with Crippen molar-refractivity contribution in [3.05, 3.63) is 71.8 Å². The summed E-state index contributed by atoms with van der Waals surface area (Å²) >= 11 is 1.04. The van der Waals surface area contributed by atoms with Gasteiger partial charge in [-0.2, -0.15) is 0 Å². The molecule has 2 aromatic carbocycles. The fraction of sp³-hybridized carbons (Fsp3) is 0.250. The van der Waals surface area contributed by atoms with Crippen LogP contribution in [0, 0.1) is 0 Å². The zero-order valence-corrected chi connectivity index (χ0v) is 15.5. The number of thioether (sulfide) groups is 1. The predicted molar refractivity (Wildman–Crippen MR) is 103 cm³/mol. The molecule has 0 saturated carbocycles. The van der Waals surface area contributed by atoms with E-state index in [0.29, 0.717) is 5.75 Å². The molecule has 0 spiro atoms. The Morgan fingerprint density at radius 1 is 0.963 bits per heavy atom.